The van der Waals surface area contributed by atoms with Gasteiger partial charge in [-0.25, -0.2) is 0 Å². The summed E-state index contributed by atoms with van der Waals surface area (Å²) in [6.07, 6.45) is 6.66. The lowest BCUT2D eigenvalue weighted by Crippen LogP contribution is -2.47. The van der Waals surface area contributed by atoms with Crippen LogP contribution in [0, 0.1) is 5.92 Å². The van der Waals surface area contributed by atoms with E-state index in [-0.39, 0.29) is 30.8 Å². The lowest BCUT2D eigenvalue weighted by Gasteiger charge is -2.27. The highest BCUT2D eigenvalue weighted by Gasteiger charge is 2.16. The summed E-state index contributed by atoms with van der Waals surface area (Å²) in [4.78, 5) is 25.7. The molecule has 0 radical (unpaired) electrons. The fourth-order valence-corrected chi connectivity index (χ4v) is 3.25. The summed E-state index contributed by atoms with van der Waals surface area (Å²) in [7, 11) is 0. The highest BCUT2D eigenvalue weighted by Crippen LogP contribution is 2.28. The van der Waals surface area contributed by atoms with Crippen LogP contribution in [0.4, 0.5) is 0 Å². The van der Waals surface area contributed by atoms with E-state index in [2.05, 4.69) is 20.9 Å². The molecule has 6 nitrogen and oxygen atoms in total. The number of hydrogen-bond donors (Lipinski definition) is 3. The van der Waals surface area contributed by atoms with Crippen LogP contribution in [-0.4, -0.2) is 62.5 Å². The Kier molecular flexibility index (Phi) is 10.2. The van der Waals surface area contributed by atoms with E-state index in [4.69, 9.17) is 0 Å². The number of halogens is 1. The topological polar surface area (TPSA) is 73.5 Å². The molecule has 0 aromatic rings. The third kappa shape index (κ3) is 8.53. The van der Waals surface area contributed by atoms with Crippen molar-refractivity contribution in [2.75, 3.05) is 45.8 Å². The lowest BCUT2D eigenvalue weighted by molar-refractivity contribution is -0.126. The van der Waals surface area contributed by atoms with Gasteiger partial charge < -0.3 is 16.0 Å². The molecule has 23 heavy (non-hydrogen) atoms. The Morgan fingerprint density at radius 3 is 2.43 bits per heavy atom. The van der Waals surface area contributed by atoms with E-state index < -0.39 is 0 Å². The van der Waals surface area contributed by atoms with Crippen molar-refractivity contribution in [3.63, 3.8) is 0 Å². The molecule has 1 heterocycles. The van der Waals surface area contributed by atoms with Crippen molar-refractivity contribution in [1.82, 2.24) is 20.9 Å². The van der Waals surface area contributed by atoms with Crippen molar-refractivity contribution < 1.29 is 9.59 Å². The minimum Gasteiger partial charge on any atom is -0.353 e. The zero-order valence-corrected chi connectivity index (χ0v) is 14.8. The van der Waals surface area contributed by atoms with Gasteiger partial charge in [0, 0.05) is 45.7 Å². The van der Waals surface area contributed by atoms with Crippen LogP contribution < -0.4 is 16.0 Å². The van der Waals surface area contributed by atoms with Gasteiger partial charge in [-0.1, -0.05) is 25.7 Å². The summed E-state index contributed by atoms with van der Waals surface area (Å²) < 4.78 is 0. The molecule has 1 aliphatic carbocycles. The van der Waals surface area contributed by atoms with E-state index in [1.807, 2.05) is 0 Å². The van der Waals surface area contributed by atoms with Gasteiger partial charge in [-0.05, 0) is 12.3 Å². The number of rotatable bonds is 8. The van der Waals surface area contributed by atoms with E-state index in [0.29, 0.717) is 13.0 Å². The van der Waals surface area contributed by atoms with Gasteiger partial charge in [0.1, 0.15) is 0 Å². The maximum Gasteiger partial charge on any atom is 0.239 e. The lowest BCUT2D eigenvalue weighted by atomic mass is 10.0. The largest absolute Gasteiger partial charge is 0.353 e. The van der Waals surface area contributed by atoms with E-state index in [1.165, 1.54) is 25.7 Å². The van der Waals surface area contributed by atoms with Crippen LogP contribution in [0.25, 0.3) is 0 Å². The van der Waals surface area contributed by atoms with E-state index in [9.17, 15) is 9.59 Å². The SMILES string of the molecule is Cl.O=C(CCC1CCCC1)NCC(=O)NCCN1CCNCC1. The van der Waals surface area contributed by atoms with Crippen molar-refractivity contribution in [3.8, 4) is 0 Å². The Labute approximate surface area is 145 Å². The molecule has 1 aliphatic heterocycles. The summed E-state index contributed by atoms with van der Waals surface area (Å²) in [5, 5.41) is 8.89. The van der Waals surface area contributed by atoms with E-state index in [1.54, 1.807) is 0 Å². The van der Waals surface area contributed by atoms with Crippen molar-refractivity contribution in [2.24, 2.45) is 5.92 Å². The highest BCUT2D eigenvalue weighted by atomic mass is 35.5. The van der Waals surface area contributed by atoms with Crippen molar-refractivity contribution in [2.45, 2.75) is 38.5 Å². The second-order valence-corrected chi connectivity index (χ2v) is 6.41. The molecule has 2 rings (SSSR count). The highest BCUT2D eigenvalue weighted by molar-refractivity contribution is 5.85. The summed E-state index contributed by atoms with van der Waals surface area (Å²) >= 11 is 0. The molecule has 2 amide bonds. The van der Waals surface area contributed by atoms with Crippen molar-refractivity contribution in [3.05, 3.63) is 0 Å². The first-order valence-corrected chi connectivity index (χ1v) is 8.70. The number of nitrogens with one attached hydrogen (secondary N) is 3. The van der Waals surface area contributed by atoms with Gasteiger partial charge in [-0.15, -0.1) is 12.4 Å². The third-order valence-electron chi connectivity index (χ3n) is 4.66. The van der Waals surface area contributed by atoms with Crippen molar-refractivity contribution >= 4 is 24.2 Å². The Bertz CT molecular complexity index is 356. The molecule has 134 valence electrons. The first kappa shape index (κ1) is 20.2. The summed E-state index contributed by atoms with van der Waals surface area (Å²) in [5.74, 6) is 0.632. The van der Waals surface area contributed by atoms with Gasteiger partial charge in [-0.3, -0.25) is 14.5 Å². The van der Waals surface area contributed by atoms with Crippen LogP contribution in [0.15, 0.2) is 0 Å². The normalized spacial score (nSPS) is 19.1. The first-order valence-electron chi connectivity index (χ1n) is 8.70. The van der Waals surface area contributed by atoms with Crippen LogP contribution in [0.5, 0.6) is 0 Å². The second kappa shape index (κ2) is 11.6. The Morgan fingerprint density at radius 2 is 1.74 bits per heavy atom. The predicted octanol–water partition coefficient (Wildman–Crippen LogP) is 0.516. The smallest absolute Gasteiger partial charge is 0.239 e. The maximum absolute atomic E-state index is 11.7. The van der Waals surface area contributed by atoms with Gasteiger partial charge in [0.15, 0.2) is 0 Å². The minimum atomic E-state index is -0.0932. The minimum absolute atomic E-state index is 0. The zero-order chi connectivity index (χ0) is 15.6. The summed E-state index contributed by atoms with van der Waals surface area (Å²) in [6.45, 7) is 5.74. The van der Waals surface area contributed by atoms with Gasteiger partial charge in [0.05, 0.1) is 6.54 Å². The molecule has 2 aliphatic rings. The summed E-state index contributed by atoms with van der Waals surface area (Å²) in [6, 6.07) is 0. The molecular formula is C16H31ClN4O2. The first-order chi connectivity index (χ1) is 10.7. The van der Waals surface area contributed by atoms with Gasteiger partial charge in [0.25, 0.3) is 0 Å². The Hall–Kier alpha value is -0.850. The maximum atomic E-state index is 11.7. The van der Waals surface area contributed by atoms with Gasteiger partial charge >= 0.3 is 0 Å². The molecule has 0 aromatic heterocycles. The molecule has 0 spiro atoms. The molecule has 7 heteroatoms. The number of carbonyl (C=O) groups excluding carboxylic acids is 2. The van der Waals surface area contributed by atoms with Crippen molar-refractivity contribution in [1.29, 1.82) is 0 Å². The number of nitrogens with zero attached hydrogens (tertiary/aromatic N) is 1. The average Bonchev–Trinajstić information content (AvgIpc) is 3.05. The molecule has 0 bridgehead atoms. The fraction of sp³-hybridized carbons (Fsp3) is 0.875. The number of piperazine rings is 1. The second-order valence-electron chi connectivity index (χ2n) is 6.41. The molecule has 0 atom stereocenters. The van der Waals surface area contributed by atoms with Gasteiger partial charge in [0.2, 0.25) is 11.8 Å². The average molecular weight is 347 g/mol. The predicted molar refractivity (Wildman–Crippen MR) is 93.8 cm³/mol. The number of carbonyl (C=O) groups is 2. The van der Waals surface area contributed by atoms with Crippen LogP contribution in [0.1, 0.15) is 38.5 Å². The quantitative estimate of drug-likeness (QED) is 0.599. The monoisotopic (exact) mass is 346 g/mol. The van der Waals surface area contributed by atoms with Crippen LogP contribution in [-0.2, 0) is 9.59 Å². The Morgan fingerprint density at radius 1 is 1.04 bits per heavy atom. The Balaban J connectivity index is 0.00000264. The molecular weight excluding hydrogens is 316 g/mol. The zero-order valence-electron chi connectivity index (χ0n) is 13.9. The molecule has 0 aromatic carbocycles. The van der Waals surface area contributed by atoms with E-state index >= 15 is 0 Å². The molecule has 3 N–H and O–H groups in total. The molecule has 0 unspecified atom stereocenters. The van der Waals surface area contributed by atoms with Crippen LogP contribution >= 0.6 is 12.4 Å². The van der Waals surface area contributed by atoms with Crippen LogP contribution in [0.2, 0.25) is 0 Å². The van der Waals surface area contributed by atoms with E-state index in [0.717, 1.165) is 45.1 Å². The summed E-state index contributed by atoms with van der Waals surface area (Å²) in [5.41, 5.74) is 0. The third-order valence-corrected chi connectivity index (χ3v) is 4.66. The standard InChI is InChI=1S/C16H30N4O2.ClH/c21-15(6-5-14-3-1-2-4-14)19-13-16(22)18-9-12-20-10-7-17-8-11-20;/h14,17H,1-13H2,(H,18,22)(H,19,21);1H. The number of amides is 2. The molecule has 1 saturated carbocycles. The van der Waals surface area contributed by atoms with Gasteiger partial charge in [-0.2, -0.15) is 0 Å². The number of hydrogen-bond acceptors (Lipinski definition) is 4. The molecule has 1 saturated heterocycles. The molecule has 2 fully saturated rings. The fourth-order valence-electron chi connectivity index (χ4n) is 3.25. The van der Waals surface area contributed by atoms with Crippen LogP contribution in [0.3, 0.4) is 0 Å².